The van der Waals surface area contributed by atoms with E-state index in [1.54, 1.807) is 24.4 Å². The summed E-state index contributed by atoms with van der Waals surface area (Å²) in [6, 6.07) is 9.43. The van der Waals surface area contributed by atoms with Gasteiger partial charge in [-0.2, -0.15) is 5.10 Å². The van der Waals surface area contributed by atoms with Gasteiger partial charge in [0.2, 0.25) is 0 Å². The summed E-state index contributed by atoms with van der Waals surface area (Å²) >= 11 is 0. The van der Waals surface area contributed by atoms with Gasteiger partial charge in [0.15, 0.2) is 11.6 Å². The van der Waals surface area contributed by atoms with Gasteiger partial charge in [-0.3, -0.25) is 4.68 Å². The van der Waals surface area contributed by atoms with E-state index in [0.29, 0.717) is 17.4 Å². The number of pyridine rings is 1. The molecule has 3 heterocycles. The number of hydrogen-bond acceptors (Lipinski definition) is 6. The highest BCUT2D eigenvalue weighted by Crippen LogP contribution is 2.29. The van der Waals surface area contributed by atoms with E-state index in [0.717, 1.165) is 42.6 Å². The Morgan fingerprint density at radius 1 is 1.27 bits per heavy atom. The summed E-state index contributed by atoms with van der Waals surface area (Å²) in [4.78, 5) is 6.63. The first-order valence-corrected chi connectivity index (χ1v) is 11.0. The van der Waals surface area contributed by atoms with Crippen molar-refractivity contribution < 1.29 is 14.0 Å². The number of anilines is 1. The molecular weight excluding hydrogens is 414 g/mol. The van der Waals surface area contributed by atoms with Gasteiger partial charge >= 0.3 is 0 Å². The van der Waals surface area contributed by atoms with Crippen LogP contribution in [0.4, 0.5) is 5.82 Å². The van der Waals surface area contributed by atoms with E-state index >= 15 is 0 Å². The summed E-state index contributed by atoms with van der Waals surface area (Å²) in [5, 5.41) is 14.7. The lowest BCUT2D eigenvalue weighted by Gasteiger charge is -2.28. The summed E-state index contributed by atoms with van der Waals surface area (Å²) in [7, 11) is 2.14. The third-order valence-electron chi connectivity index (χ3n) is 5.65. The summed E-state index contributed by atoms with van der Waals surface area (Å²) in [6.07, 6.45) is 7.74. The minimum Gasteiger partial charge on any atom is -0.485 e. The van der Waals surface area contributed by atoms with Gasteiger partial charge in [0.05, 0.1) is 12.2 Å². The Bertz CT molecular complexity index is 1270. The zero-order valence-corrected chi connectivity index (χ0v) is 19.0. The number of ether oxygens (including phenoxy) is 1. The van der Waals surface area contributed by atoms with E-state index in [-0.39, 0.29) is 12.4 Å². The summed E-state index contributed by atoms with van der Waals surface area (Å²) < 4.78 is 30.2. The van der Waals surface area contributed by atoms with Crippen LogP contribution < -0.4 is 10.5 Å². The molecule has 1 aliphatic heterocycles. The molecule has 0 saturated carbocycles. The van der Waals surface area contributed by atoms with Crippen molar-refractivity contribution in [2.75, 3.05) is 25.9 Å². The Morgan fingerprint density at radius 3 is 2.88 bits per heavy atom. The monoisotopic (exact) mass is 448 g/mol. The minimum atomic E-state index is -2.60. The maximum atomic E-state index is 10.1. The number of rotatable bonds is 5. The van der Waals surface area contributed by atoms with Crippen molar-refractivity contribution in [3.05, 3.63) is 60.0 Å². The van der Waals surface area contributed by atoms with Gasteiger partial charge < -0.3 is 20.5 Å². The predicted octanol–water partition coefficient (Wildman–Crippen LogP) is 3.50. The Hall–Kier alpha value is -3.34. The zero-order valence-electron chi connectivity index (χ0n) is 22.0. The fourth-order valence-corrected chi connectivity index (χ4v) is 3.77. The number of aliphatic hydroxyl groups is 1. The molecule has 0 amide bonds. The van der Waals surface area contributed by atoms with Gasteiger partial charge in [-0.25, -0.2) is 4.98 Å². The van der Waals surface area contributed by atoms with Crippen LogP contribution in [0, 0.1) is 11.8 Å². The Morgan fingerprint density at radius 2 is 2.09 bits per heavy atom. The van der Waals surface area contributed by atoms with Crippen molar-refractivity contribution in [1.82, 2.24) is 19.7 Å². The third-order valence-corrected chi connectivity index (χ3v) is 5.65. The van der Waals surface area contributed by atoms with Crippen LogP contribution in [-0.4, -0.2) is 50.5 Å². The standard InChI is InChI=1S/C26H31N5O2/c1-26(2,32)10-7-19-5-4-6-20(13-19)18-33-24-14-21(15-28-25(24)27)22-16-29-31(17-22)23-8-11-30(3)12-9-23/h4-6,13-17,23,32H,8-9,11-12,18H2,1-3H3,(H2,27,28)/i1D3. The maximum absolute atomic E-state index is 10.1. The van der Waals surface area contributed by atoms with Crippen molar-refractivity contribution in [2.24, 2.45) is 0 Å². The van der Waals surface area contributed by atoms with Gasteiger partial charge in [-0.1, -0.05) is 24.0 Å². The average Bonchev–Trinajstić information content (AvgIpc) is 3.33. The fraction of sp³-hybridized carbons (Fsp3) is 0.385. The summed E-state index contributed by atoms with van der Waals surface area (Å²) in [5.41, 5.74) is 7.17. The second kappa shape index (κ2) is 9.65. The van der Waals surface area contributed by atoms with Crippen LogP contribution in [0.2, 0.25) is 0 Å². The van der Waals surface area contributed by atoms with Crippen molar-refractivity contribution >= 4 is 5.82 Å². The molecule has 1 fully saturated rings. The number of likely N-dealkylation sites (tertiary alicyclic amines) is 1. The van der Waals surface area contributed by atoms with E-state index in [1.807, 2.05) is 29.2 Å². The highest BCUT2D eigenvalue weighted by molar-refractivity contribution is 5.65. The van der Waals surface area contributed by atoms with E-state index < -0.39 is 12.5 Å². The van der Waals surface area contributed by atoms with Crippen molar-refractivity contribution in [3.63, 3.8) is 0 Å². The van der Waals surface area contributed by atoms with E-state index in [2.05, 4.69) is 33.9 Å². The molecule has 2 aromatic heterocycles. The summed E-state index contributed by atoms with van der Waals surface area (Å²) in [5.74, 6) is 5.92. The first-order valence-electron chi connectivity index (χ1n) is 12.5. The SMILES string of the molecule is [2H]C([2H])([2H])C(C)(O)C#Cc1cccc(COc2cc(-c3cnn(C4CCN(C)CC4)c3)cnc2N)c1. The summed E-state index contributed by atoms with van der Waals surface area (Å²) in [6.45, 7) is 0.926. The number of nitrogens with two attached hydrogens (primary N) is 1. The number of nitrogens with zero attached hydrogens (tertiary/aromatic N) is 4. The van der Waals surface area contributed by atoms with Crippen molar-refractivity contribution in [3.8, 4) is 28.7 Å². The van der Waals surface area contributed by atoms with Crippen molar-refractivity contribution in [1.29, 1.82) is 0 Å². The molecule has 1 unspecified atom stereocenters. The molecule has 1 aromatic carbocycles. The highest BCUT2D eigenvalue weighted by atomic mass is 16.5. The molecule has 0 bridgehead atoms. The lowest BCUT2D eigenvalue weighted by atomic mass is 10.1. The second-order valence-corrected chi connectivity index (χ2v) is 8.66. The van der Waals surface area contributed by atoms with Crippen LogP contribution in [0.5, 0.6) is 5.75 Å². The van der Waals surface area contributed by atoms with Crippen LogP contribution >= 0.6 is 0 Å². The number of aromatic nitrogens is 3. The highest BCUT2D eigenvalue weighted by Gasteiger charge is 2.19. The Kier molecular flexibility index (Phi) is 5.60. The smallest absolute Gasteiger partial charge is 0.166 e. The molecule has 33 heavy (non-hydrogen) atoms. The first-order chi connectivity index (χ1) is 17.0. The molecule has 172 valence electrons. The molecule has 1 atom stereocenters. The molecule has 1 aliphatic rings. The van der Waals surface area contributed by atoms with Crippen LogP contribution in [0.1, 0.15) is 47.9 Å². The third kappa shape index (κ3) is 6.13. The molecule has 7 heteroatoms. The van der Waals surface area contributed by atoms with E-state index in [9.17, 15) is 5.11 Å². The largest absolute Gasteiger partial charge is 0.485 e. The maximum Gasteiger partial charge on any atom is 0.166 e. The van der Waals surface area contributed by atoms with Crippen LogP contribution in [0.3, 0.4) is 0 Å². The number of piperidine rings is 1. The quantitative estimate of drug-likeness (QED) is 0.581. The molecular formula is C26H31N5O2. The molecule has 0 aliphatic carbocycles. The molecule has 0 spiro atoms. The normalized spacial score (nSPS) is 18.3. The lowest BCUT2D eigenvalue weighted by Crippen LogP contribution is -2.31. The average molecular weight is 449 g/mol. The molecule has 7 nitrogen and oxygen atoms in total. The van der Waals surface area contributed by atoms with Gasteiger partial charge in [-0.15, -0.1) is 0 Å². The van der Waals surface area contributed by atoms with Gasteiger partial charge in [0.1, 0.15) is 12.2 Å². The lowest BCUT2D eigenvalue weighted by molar-refractivity contribution is 0.143. The van der Waals surface area contributed by atoms with Crippen LogP contribution in [0.25, 0.3) is 11.1 Å². The van der Waals surface area contributed by atoms with Crippen LogP contribution in [0.15, 0.2) is 48.9 Å². The minimum absolute atomic E-state index is 0.218. The molecule has 4 rings (SSSR count). The first kappa shape index (κ1) is 19.2. The van der Waals surface area contributed by atoms with Crippen molar-refractivity contribution in [2.45, 2.75) is 44.9 Å². The second-order valence-electron chi connectivity index (χ2n) is 8.66. The number of nitrogen functional groups attached to an aromatic ring is 1. The van der Waals surface area contributed by atoms with Gasteiger partial charge in [0.25, 0.3) is 0 Å². The molecule has 0 radical (unpaired) electrons. The fourth-order valence-electron chi connectivity index (χ4n) is 3.77. The zero-order chi connectivity index (χ0) is 25.9. The van der Waals surface area contributed by atoms with Gasteiger partial charge in [-0.05, 0) is 70.5 Å². The Balaban J connectivity index is 1.45. The van der Waals surface area contributed by atoms with E-state index in [4.69, 9.17) is 14.6 Å². The van der Waals surface area contributed by atoms with Crippen LogP contribution in [-0.2, 0) is 6.61 Å². The van der Waals surface area contributed by atoms with E-state index in [1.165, 1.54) is 6.92 Å². The topological polar surface area (TPSA) is 89.4 Å². The number of benzene rings is 1. The Labute approximate surface area is 199 Å². The predicted molar refractivity (Wildman–Crippen MR) is 130 cm³/mol. The molecule has 3 aromatic rings. The molecule has 1 saturated heterocycles. The molecule has 3 N–H and O–H groups in total. The number of hydrogen-bond donors (Lipinski definition) is 2. The van der Waals surface area contributed by atoms with Gasteiger partial charge in [0, 0.05) is 33.2 Å².